The number of nitrogens with zero attached hydrogens (tertiary/aromatic N) is 4. The summed E-state index contributed by atoms with van der Waals surface area (Å²) >= 11 is 0. The number of nitrogens with one attached hydrogen (secondary N) is 2. The van der Waals surface area contributed by atoms with E-state index in [0.29, 0.717) is 40.5 Å². The average Bonchev–Trinajstić information content (AvgIpc) is 2.87. The van der Waals surface area contributed by atoms with Gasteiger partial charge in [0.15, 0.2) is 5.65 Å². The van der Waals surface area contributed by atoms with Crippen molar-refractivity contribution in [2.45, 2.75) is 0 Å². The van der Waals surface area contributed by atoms with Crippen LogP contribution in [-0.2, 0) is 0 Å². The number of fused-ring (bicyclic) bond motifs is 1. The zero-order valence-corrected chi connectivity index (χ0v) is 19.4. The van der Waals surface area contributed by atoms with Crippen molar-refractivity contribution in [2.24, 2.45) is 0 Å². The fraction of sp³-hybridized carbons (Fsp3) is 0.115. The number of hydrogen-bond donors (Lipinski definition) is 2. The van der Waals surface area contributed by atoms with Gasteiger partial charge in [0.1, 0.15) is 17.1 Å². The Balaban J connectivity index is 1.47. The lowest BCUT2D eigenvalue weighted by Gasteiger charge is -2.12. The molecule has 0 saturated carbocycles. The number of hydrogen-bond acceptors (Lipinski definition) is 7. The number of amides is 2. The van der Waals surface area contributed by atoms with Gasteiger partial charge in [-0.1, -0.05) is 6.08 Å². The topological polar surface area (TPSA) is 109 Å². The molecule has 2 heterocycles. The number of carbonyl (C=O) groups is 2. The van der Waals surface area contributed by atoms with Crippen LogP contribution >= 0.6 is 0 Å². The van der Waals surface area contributed by atoms with Crippen molar-refractivity contribution in [1.29, 1.82) is 0 Å². The first-order chi connectivity index (χ1) is 16.9. The molecule has 0 bridgehead atoms. The van der Waals surface area contributed by atoms with E-state index in [4.69, 9.17) is 4.74 Å². The highest BCUT2D eigenvalue weighted by molar-refractivity contribution is 5.91. The van der Waals surface area contributed by atoms with Crippen molar-refractivity contribution >= 4 is 34.7 Å². The van der Waals surface area contributed by atoms with Crippen molar-refractivity contribution in [3.8, 4) is 17.0 Å². The molecule has 4 rings (SSSR count). The third kappa shape index (κ3) is 5.77. The van der Waals surface area contributed by atoms with Crippen molar-refractivity contribution in [3.05, 3.63) is 85.1 Å². The summed E-state index contributed by atoms with van der Waals surface area (Å²) < 4.78 is 5.49. The molecule has 0 saturated heterocycles. The highest BCUT2D eigenvalue weighted by Gasteiger charge is 2.11. The minimum absolute atomic E-state index is 0.345. The molecule has 35 heavy (non-hydrogen) atoms. The molecule has 0 aliphatic rings. The van der Waals surface area contributed by atoms with Gasteiger partial charge < -0.3 is 15.0 Å². The number of esters is 1. The maximum Gasteiger partial charge on any atom is 0.343 e. The normalized spacial score (nSPS) is 10.5. The highest BCUT2D eigenvalue weighted by Crippen LogP contribution is 2.23. The van der Waals surface area contributed by atoms with Gasteiger partial charge in [0.05, 0.1) is 17.5 Å². The monoisotopic (exact) mass is 468 g/mol. The second kappa shape index (κ2) is 10.4. The number of anilines is 2. The van der Waals surface area contributed by atoms with Crippen molar-refractivity contribution in [2.75, 3.05) is 30.9 Å². The first-order valence-corrected chi connectivity index (χ1v) is 10.8. The minimum atomic E-state index is -0.435. The van der Waals surface area contributed by atoms with Crippen LogP contribution in [0.1, 0.15) is 10.4 Å². The zero-order chi connectivity index (χ0) is 24.8. The Morgan fingerprint density at radius 3 is 2.43 bits per heavy atom. The van der Waals surface area contributed by atoms with Gasteiger partial charge >= 0.3 is 12.0 Å². The fourth-order valence-corrected chi connectivity index (χ4v) is 3.19. The predicted molar refractivity (Wildman–Crippen MR) is 136 cm³/mol. The molecule has 0 unspecified atom stereocenters. The van der Waals surface area contributed by atoms with Crippen LogP contribution in [0.25, 0.3) is 22.4 Å². The first-order valence-electron chi connectivity index (χ1n) is 10.8. The van der Waals surface area contributed by atoms with E-state index in [1.165, 1.54) is 0 Å². The van der Waals surface area contributed by atoms with Crippen LogP contribution in [0, 0.1) is 0 Å². The molecule has 0 aliphatic heterocycles. The third-order valence-electron chi connectivity index (χ3n) is 5.04. The molecule has 2 aromatic carbocycles. The summed E-state index contributed by atoms with van der Waals surface area (Å²) in [6.07, 6.45) is 3.22. The molecule has 9 heteroatoms. The van der Waals surface area contributed by atoms with Crippen LogP contribution in [0.2, 0.25) is 0 Å². The molecular weight excluding hydrogens is 444 g/mol. The number of aromatic nitrogens is 3. The second-order valence-corrected chi connectivity index (χ2v) is 7.77. The number of ether oxygens (including phenoxy) is 1. The van der Waals surface area contributed by atoms with E-state index < -0.39 is 5.97 Å². The molecule has 0 spiro atoms. The molecule has 0 fully saturated rings. The largest absolute Gasteiger partial charge is 0.423 e. The predicted octanol–water partition coefficient (Wildman–Crippen LogP) is 4.28. The van der Waals surface area contributed by atoms with Gasteiger partial charge in [0.2, 0.25) is 0 Å². The molecular formula is C26H24N6O3. The van der Waals surface area contributed by atoms with E-state index in [0.717, 1.165) is 11.3 Å². The Hall–Kier alpha value is -4.79. The Morgan fingerprint density at radius 1 is 1.00 bits per heavy atom. The van der Waals surface area contributed by atoms with Gasteiger partial charge in [0.25, 0.3) is 0 Å². The van der Waals surface area contributed by atoms with Crippen LogP contribution in [0.3, 0.4) is 0 Å². The van der Waals surface area contributed by atoms with Crippen LogP contribution in [0.4, 0.5) is 16.3 Å². The molecule has 0 atom stereocenters. The molecule has 2 aromatic heterocycles. The standard InChI is InChI=1S/C26H24N6O3/c1-4-15-27-26(34)31-23-14-13-21-24(30-23)29-22(16-28-21)17-7-11-20(12-8-17)35-25(33)18-5-9-19(10-6-18)32(2)3/h4-14,16H,1,15H2,2-3H3,(H2,27,29,30,31,34). The lowest BCUT2D eigenvalue weighted by molar-refractivity contribution is 0.0734. The molecule has 4 aromatic rings. The summed E-state index contributed by atoms with van der Waals surface area (Å²) in [5, 5.41) is 5.27. The van der Waals surface area contributed by atoms with Gasteiger partial charge in [-0.2, -0.15) is 0 Å². The Labute approximate surface area is 202 Å². The van der Waals surface area contributed by atoms with E-state index in [1.807, 2.05) is 31.1 Å². The van der Waals surface area contributed by atoms with Crippen molar-refractivity contribution in [1.82, 2.24) is 20.3 Å². The fourth-order valence-electron chi connectivity index (χ4n) is 3.19. The number of carbonyl (C=O) groups excluding carboxylic acids is 2. The number of pyridine rings is 1. The van der Waals surface area contributed by atoms with E-state index >= 15 is 0 Å². The third-order valence-corrected chi connectivity index (χ3v) is 5.04. The maximum atomic E-state index is 12.5. The van der Waals surface area contributed by atoms with E-state index in [1.54, 1.807) is 60.8 Å². The van der Waals surface area contributed by atoms with Gasteiger partial charge in [0, 0.05) is 31.9 Å². The highest BCUT2D eigenvalue weighted by atomic mass is 16.5. The molecule has 176 valence electrons. The quantitative estimate of drug-likeness (QED) is 0.237. The Morgan fingerprint density at radius 2 is 1.74 bits per heavy atom. The van der Waals surface area contributed by atoms with E-state index in [2.05, 4.69) is 32.2 Å². The van der Waals surface area contributed by atoms with Crippen LogP contribution in [-0.4, -0.2) is 47.6 Å². The van der Waals surface area contributed by atoms with E-state index in [9.17, 15) is 9.59 Å². The van der Waals surface area contributed by atoms with Crippen molar-refractivity contribution in [3.63, 3.8) is 0 Å². The summed E-state index contributed by atoms with van der Waals surface area (Å²) in [6.45, 7) is 3.90. The van der Waals surface area contributed by atoms with Gasteiger partial charge in [-0.3, -0.25) is 10.3 Å². The Kier molecular flexibility index (Phi) is 6.96. The van der Waals surface area contributed by atoms with Gasteiger partial charge in [-0.15, -0.1) is 6.58 Å². The molecule has 9 nitrogen and oxygen atoms in total. The minimum Gasteiger partial charge on any atom is -0.423 e. The average molecular weight is 469 g/mol. The molecule has 2 amide bonds. The SMILES string of the molecule is C=CCNC(=O)Nc1ccc2ncc(-c3ccc(OC(=O)c4ccc(N(C)C)cc4)cc3)nc2n1. The summed E-state index contributed by atoms with van der Waals surface area (Å²) in [7, 11) is 3.87. The van der Waals surface area contributed by atoms with Crippen LogP contribution in [0.15, 0.2) is 79.5 Å². The summed E-state index contributed by atoms with van der Waals surface area (Å²) in [5.74, 6) is 0.334. The lowest BCUT2D eigenvalue weighted by Crippen LogP contribution is -2.28. The smallest absolute Gasteiger partial charge is 0.343 e. The molecule has 0 radical (unpaired) electrons. The molecule has 0 aliphatic carbocycles. The van der Waals surface area contributed by atoms with Crippen LogP contribution in [0.5, 0.6) is 5.75 Å². The number of rotatable bonds is 7. The lowest BCUT2D eigenvalue weighted by atomic mass is 10.1. The van der Waals surface area contributed by atoms with Gasteiger partial charge in [-0.25, -0.2) is 19.6 Å². The van der Waals surface area contributed by atoms with Crippen molar-refractivity contribution < 1.29 is 14.3 Å². The second-order valence-electron chi connectivity index (χ2n) is 7.77. The zero-order valence-electron chi connectivity index (χ0n) is 19.4. The van der Waals surface area contributed by atoms with Crippen LogP contribution < -0.4 is 20.3 Å². The van der Waals surface area contributed by atoms with E-state index in [-0.39, 0.29) is 6.03 Å². The summed E-state index contributed by atoms with van der Waals surface area (Å²) in [6, 6.07) is 17.2. The number of benzene rings is 2. The molecule has 2 N–H and O–H groups in total. The summed E-state index contributed by atoms with van der Waals surface area (Å²) in [5.41, 5.74) is 3.82. The number of urea groups is 1. The first kappa shape index (κ1) is 23.4. The van der Waals surface area contributed by atoms with Gasteiger partial charge in [-0.05, 0) is 60.7 Å². The Bertz CT molecular complexity index is 1370. The summed E-state index contributed by atoms with van der Waals surface area (Å²) in [4.78, 5) is 39.6. The maximum absolute atomic E-state index is 12.5.